The van der Waals surface area contributed by atoms with Crippen molar-refractivity contribution < 1.29 is 0 Å². The van der Waals surface area contributed by atoms with E-state index >= 15 is 0 Å². The van der Waals surface area contributed by atoms with Crippen LogP contribution in [0.4, 0.5) is 0 Å². The van der Waals surface area contributed by atoms with Crippen LogP contribution in [0.25, 0.3) is 5.65 Å². The first kappa shape index (κ1) is 8.44. The topological polar surface area (TPSA) is 43.1 Å². The Labute approximate surface area is 80.6 Å². The minimum Gasteiger partial charge on any atom is -0.221 e. The summed E-state index contributed by atoms with van der Waals surface area (Å²) < 4.78 is 1.70. The molecule has 0 aliphatic heterocycles. The van der Waals surface area contributed by atoms with Gasteiger partial charge in [-0.15, -0.1) is 5.10 Å². The number of nitrogens with zero attached hydrogens (tertiary/aromatic N) is 4. The molecule has 13 heavy (non-hydrogen) atoms. The normalized spacial score (nSPS) is 11.0. The molecule has 0 aliphatic rings. The molecule has 0 N–H and O–H groups in total. The van der Waals surface area contributed by atoms with Crippen molar-refractivity contribution in [2.75, 3.05) is 0 Å². The van der Waals surface area contributed by atoms with Gasteiger partial charge in [0.25, 0.3) is 0 Å². The summed E-state index contributed by atoms with van der Waals surface area (Å²) in [7, 11) is 0. The molecule has 0 unspecified atom stereocenters. The molecule has 2 heterocycles. The third kappa shape index (κ3) is 1.37. The highest BCUT2D eigenvalue weighted by atomic mass is 35.5. The molecule has 0 saturated carbocycles. The van der Waals surface area contributed by atoms with Crippen molar-refractivity contribution in [3.05, 3.63) is 22.9 Å². The quantitative estimate of drug-likeness (QED) is 0.652. The maximum Gasteiger partial charge on any atom is 0.160 e. The Balaban J connectivity index is 2.75. The van der Waals surface area contributed by atoms with Crippen LogP contribution in [0.2, 0.25) is 5.15 Å². The number of aromatic nitrogens is 4. The van der Waals surface area contributed by atoms with E-state index in [4.69, 9.17) is 11.6 Å². The molecule has 5 heteroatoms. The lowest BCUT2D eigenvalue weighted by molar-refractivity contribution is 0.829. The summed E-state index contributed by atoms with van der Waals surface area (Å²) in [4.78, 5) is 8.36. The number of halogens is 1. The fourth-order valence-electron chi connectivity index (χ4n) is 1.19. The molecular formula is C8H9ClN4. The van der Waals surface area contributed by atoms with Gasteiger partial charge < -0.3 is 0 Å². The predicted molar refractivity (Wildman–Crippen MR) is 49.9 cm³/mol. The second-order valence-corrected chi connectivity index (χ2v) is 3.16. The summed E-state index contributed by atoms with van der Waals surface area (Å²) >= 11 is 5.78. The average Bonchev–Trinajstić information content (AvgIpc) is 2.47. The lowest BCUT2D eigenvalue weighted by Gasteiger charge is -1.95. The van der Waals surface area contributed by atoms with Crippen molar-refractivity contribution in [2.24, 2.45) is 0 Å². The molecule has 0 spiro atoms. The molecule has 4 nitrogen and oxygen atoms in total. The Kier molecular flexibility index (Phi) is 1.92. The van der Waals surface area contributed by atoms with Gasteiger partial charge in [-0.05, 0) is 6.92 Å². The number of hydrogen-bond donors (Lipinski definition) is 0. The van der Waals surface area contributed by atoms with Gasteiger partial charge in [-0.3, -0.25) is 0 Å². The highest BCUT2D eigenvalue weighted by molar-refractivity contribution is 6.29. The van der Waals surface area contributed by atoms with Gasteiger partial charge in [-0.25, -0.2) is 9.97 Å². The summed E-state index contributed by atoms with van der Waals surface area (Å²) in [6.45, 7) is 3.87. The van der Waals surface area contributed by atoms with Gasteiger partial charge in [-0.2, -0.15) is 4.52 Å². The van der Waals surface area contributed by atoms with E-state index in [1.54, 1.807) is 10.6 Å². The molecule has 68 valence electrons. The lowest BCUT2D eigenvalue weighted by Crippen LogP contribution is -1.97. The maximum atomic E-state index is 5.78. The van der Waals surface area contributed by atoms with E-state index in [1.165, 1.54) is 0 Å². The zero-order chi connectivity index (χ0) is 9.42. The van der Waals surface area contributed by atoms with E-state index in [2.05, 4.69) is 15.1 Å². The van der Waals surface area contributed by atoms with Crippen molar-refractivity contribution in [3.63, 3.8) is 0 Å². The van der Waals surface area contributed by atoms with Crippen LogP contribution in [0.15, 0.2) is 6.07 Å². The molecule has 2 aromatic heterocycles. The van der Waals surface area contributed by atoms with E-state index in [0.29, 0.717) is 5.15 Å². The predicted octanol–water partition coefficient (Wildman–Crippen LogP) is 1.65. The number of fused-ring (bicyclic) bond motifs is 1. The molecular weight excluding hydrogens is 188 g/mol. The molecule has 0 atom stereocenters. The van der Waals surface area contributed by atoms with E-state index in [1.807, 2.05) is 13.8 Å². The molecule has 0 aromatic carbocycles. The van der Waals surface area contributed by atoms with Gasteiger partial charge in [0.2, 0.25) is 0 Å². The SMILES string of the molecule is CCc1nc2cc(Cl)nc(C)n2n1. The molecule has 0 saturated heterocycles. The van der Waals surface area contributed by atoms with Crippen molar-refractivity contribution in [3.8, 4) is 0 Å². The molecule has 2 rings (SSSR count). The lowest BCUT2D eigenvalue weighted by atomic mass is 10.5. The zero-order valence-electron chi connectivity index (χ0n) is 7.45. The van der Waals surface area contributed by atoms with Gasteiger partial charge in [-0.1, -0.05) is 18.5 Å². The third-order valence-electron chi connectivity index (χ3n) is 1.82. The molecule has 0 radical (unpaired) electrons. The average molecular weight is 197 g/mol. The van der Waals surface area contributed by atoms with E-state index in [0.717, 1.165) is 23.7 Å². The highest BCUT2D eigenvalue weighted by Gasteiger charge is 2.05. The minimum absolute atomic E-state index is 0.458. The zero-order valence-corrected chi connectivity index (χ0v) is 8.21. The van der Waals surface area contributed by atoms with Crippen LogP contribution in [-0.4, -0.2) is 19.6 Å². The molecule has 2 aromatic rings. The van der Waals surface area contributed by atoms with Crippen LogP contribution in [0.3, 0.4) is 0 Å². The van der Waals surface area contributed by atoms with Gasteiger partial charge >= 0.3 is 0 Å². The number of rotatable bonds is 1. The largest absolute Gasteiger partial charge is 0.221 e. The van der Waals surface area contributed by atoms with E-state index in [-0.39, 0.29) is 0 Å². The monoisotopic (exact) mass is 196 g/mol. The molecule has 0 aliphatic carbocycles. The van der Waals surface area contributed by atoms with Gasteiger partial charge in [0.1, 0.15) is 11.0 Å². The second kappa shape index (κ2) is 2.96. The first-order valence-corrected chi connectivity index (χ1v) is 4.47. The Hall–Kier alpha value is -1.16. The molecule has 0 amide bonds. The van der Waals surface area contributed by atoms with Crippen LogP contribution in [0.5, 0.6) is 0 Å². The molecule has 0 fully saturated rings. The van der Waals surface area contributed by atoms with Crippen LogP contribution in [0, 0.1) is 6.92 Å². The van der Waals surface area contributed by atoms with Crippen molar-refractivity contribution in [1.29, 1.82) is 0 Å². The van der Waals surface area contributed by atoms with Crippen LogP contribution >= 0.6 is 11.6 Å². The summed E-state index contributed by atoms with van der Waals surface area (Å²) in [6.07, 6.45) is 0.818. The Morgan fingerprint density at radius 1 is 1.46 bits per heavy atom. The molecule has 0 bridgehead atoms. The maximum absolute atomic E-state index is 5.78. The highest BCUT2D eigenvalue weighted by Crippen LogP contribution is 2.10. The number of aryl methyl sites for hydroxylation is 2. The Morgan fingerprint density at radius 2 is 2.23 bits per heavy atom. The summed E-state index contributed by atoms with van der Waals surface area (Å²) in [5, 5.41) is 4.71. The van der Waals surface area contributed by atoms with Gasteiger partial charge in [0.05, 0.1) is 0 Å². The first-order valence-electron chi connectivity index (χ1n) is 4.09. The summed E-state index contributed by atoms with van der Waals surface area (Å²) in [5.41, 5.74) is 0.759. The van der Waals surface area contributed by atoms with Crippen LogP contribution < -0.4 is 0 Å². The van der Waals surface area contributed by atoms with Crippen molar-refractivity contribution in [1.82, 2.24) is 19.6 Å². The van der Waals surface area contributed by atoms with Gasteiger partial charge in [0.15, 0.2) is 11.5 Å². The second-order valence-electron chi connectivity index (χ2n) is 2.78. The van der Waals surface area contributed by atoms with E-state index in [9.17, 15) is 0 Å². The fourth-order valence-corrected chi connectivity index (χ4v) is 1.41. The third-order valence-corrected chi connectivity index (χ3v) is 2.01. The standard InChI is InChI=1S/C8H9ClN4/c1-3-7-11-8-4-6(9)10-5(2)13(8)12-7/h4H,3H2,1-2H3. The minimum atomic E-state index is 0.458. The van der Waals surface area contributed by atoms with Crippen molar-refractivity contribution in [2.45, 2.75) is 20.3 Å². The Bertz CT molecular complexity index is 449. The van der Waals surface area contributed by atoms with E-state index < -0.39 is 0 Å². The first-order chi connectivity index (χ1) is 6.20. The van der Waals surface area contributed by atoms with Gasteiger partial charge in [0, 0.05) is 12.5 Å². The van der Waals surface area contributed by atoms with Crippen LogP contribution in [-0.2, 0) is 6.42 Å². The fraction of sp³-hybridized carbons (Fsp3) is 0.375. The van der Waals surface area contributed by atoms with Crippen LogP contribution in [0.1, 0.15) is 18.6 Å². The smallest absolute Gasteiger partial charge is 0.160 e. The van der Waals surface area contributed by atoms with Crippen molar-refractivity contribution >= 4 is 17.2 Å². The summed E-state index contributed by atoms with van der Waals surface area (Å²) in [6, 6.07) is 1.71. The summed E-state index contributed by atoms with van der Waals surface area (Å²) in [5.74, 6) is 1.57. The number of hydrogen-bond acceptors (Lipinski definition) is 3. The Morgan fingerprint density at radius 3 is 2.92 bits per heavy atom.